The van der Waals surface area contributed by atoms with Crippen molar-refractivity contribution in [3.63, 3.8) is 0 Å². The van der Waals surface area contributed by atoms with Crippen LogP contribution in [0.25, 0.3) is 0 Å². The van der Waals surface area contributed by atoms with E-state index in [9.17, 15) is 9.18 Å². The van der Waals surface area contributed by atoms with Crippen LogP contribution in [0.15, 0.2) is 42.5 Å². The van der Waals surface area contributed by atoms with Gasteiger partial charge in [-0.1, -0.05) is 29.8 Å². The molecule has 18 heavy (non-hydrogen) atoms. The van der Waals surface area contributed by atoms with E-state index in [-0.39, 0.29) is 17.9 Å². The van der Waals surface area contributed by atoms with Gasteiger partial charge in [0.2, 0.25) is 0 Å². The van der Waals surface area contributed by atoms with E-state index in [0.717, 1.165) is 5.56 Å². The molecule has 4 heteroatoms. The zero-order valence-corrected chi connectivity index (χ0v) is 10.2. The lowest BCUT2D eigenvalue weighted by molar-refractivity contribution is 0.111. The Balaban J connectivity index is 2.18. The van der Waals surface area contributed by atoms with Gasteiger partial charge in [0.15, 0.2) is 17.9 Å². The smallest absolute Gasteiger partial charge is 0.165 e. The van der Waals surface area contributed by atoms with Gasteiger partial charge in [-0.25, -0.2) is 4.39 Å². The molecule has 0 fully saturated rings. The summed E-state index contributed by atoms with van der Waals surface area (Å²) in [5, 5.41) is 0.584. The zero-order chi connectivity index (χ0) is 13.0. The predicted octanol–water partition coefficient (Wildman–Crippen LogP) is 3.87. The molecule has 0 aliphatic heterocycles. The van der Waals surface area contributed by atoms with Crippen molar-refractivity contribution in [1.29, 1.82) is 0 Å². The van der Waals surface area contributed by atoms with Gasteiger partial charge in [0.05, 0.1) is 5.56 Å². The lowest BCUT2D eigenvalue weighted by Crippen LogP contribution is -2.00. The van der Waals surface area contributed by atoms with Crippen molar-refractivity contribution in [2.24, 2.45) is 0 Å². The summed E-state index contributed by atoms with van der Waals surface area (Å²) in [6, 6.07) is 11.3. The minimum absolute atomic E-state index is 0.0347. The lowest BCUT2D eigenvalue weighted by atomic mass is 10.2. The minimum Gasteiger partial charge on any atom is -0.485 e. The Kier molecular flexibility index (Phi) is 3.95. The van der Waals surface area contributed by atoms with Crippen LogP contribution in [-0.2, 0) is 6.61 Å². The Morgan fingerprint density at radius 2 is 2.00 bits per heavy atom. The molecule has 0 heterocycles. The van der Waals surface area contributed by atoms with Gasteiger partial charge in [-0.2, -0.15) is 0 Å². The fraction of sp³-hybridized carbons (Fsp3) is 0.0714. The Labute approximate surface area is 109 Å². The molecule has 0 radical (unpaired) electrons. The molecule has 0 amide bonds. The quantitative estimate of drug-likeness (QED) is 0.784. The summed E-state index contributed by atoms with van der Waals surface area (Å²) >= 11 is 5.83. The molecule has 0 aliphatic carbocycles. The number of rotatable bonds is 4. The van der Waals surface area contributed by atoms with Crippen LogP contribution in [0.5, 0.6) is 5.75 Å². The second kappa shape index (κ2) is 5.65. The third-order valence-corrected chi connectivity index (χ3v) is 2.63. The maximum Gasteiger partial charge on any atom is 0.165 e. The van der Waals surface area contributed by atoms with Crippen LogP contribution in [0.3, 0.4) is 0 Å². The van der Waals surface area contributed by atoms with Crippen LogP contribution in [0.1, 0.15) is 15.9 Å². The number of aldehydes is 1. The molecule has 2 aromatic carbocycles. The van der Waals surface area contributed by atoms with E-state index in [1.165, 1.54) is 18.2 Å². The lowest BCUT2D eigenvalue weighted by Gasteiger charge is -2.09. The van der Waals surface area contributed by atoms with Crippen molar-refractivity contribution < 1.29 is 13.9 Å². The number of hydrogen-bond acceptors (Lipinski definition) is 2. The van der Waals surface area contributed by atoms with Gasteiger partial charge >= 0.3 is 0 Å². The largest absolute Gasteiger partial charge is 0.485 e. The summed E-state index contributed by atoms with van der Waals surface area (Å²) in [7, 11) is 0. The first kappa shape index (κ1) is 12.6. The maximum absolute atomic E-state index is 13.5. The summed E-state index contributed by atoms with van der Waals surface area (Å²) < 4.78 is 18.8. The Bertz CT molecular complexity index is 569. The molecule has 0 aliphatic rings. The number of para-hydroxylation sites is 1. The van der Waals surface area contributed by atoms with Gasteiger partial charge in [-0.05, 0) is 29.8 Å². The molecular weight excluding hydrogens is 255 g/mol. The molecule has 0 N–H and O–H groups in total. The van der Waals surface area contributed by atoms with Crippen molar-refractivity contribution in [2.45, 2.75) is 6.61 Å². The topological polar surface area (TPSA) is 26.3 Å². The van der Waals surface area contributed by atoms with Crippen molar-refractivity contribution in [2.75, 3.05) is 0 Å². The third kappa shape index (κ3) is 2.87. The fourth-order valence-electron chi connectivity index (χ4n) is 1.55. The third-order valence-electron chi connectivity index (χ3n) is 2.40. The molecule has 0 bridgehead atoms. The standard InChI is InChI=1S/C14H10ClFO2/c15-12-5-1-3-10(7-12)9-18-14-11(8-17)4-2-6-13(14)16/h1-8H,9H2. The Morgan fingerprint density at radius 3 is 2.72 bits per heavy atom. The number of halogens is 2. The molecule has 2 rings (SSSR count). The second-order valence-corrected chi connectivity index (χ2v) is 4.13. The molecule has 92 valence electrons. The molecule has 0 saturated carbocycles. The van der Waals surface area contributed by atoms with Crippen LogP contribution in [-0.4, -0.2) is 6.29 Å². The van der Waals surface area contributed by atoms with Gasteiger partial charge in [-0.15, -0.1) is 0 Å². The van der Waals surface area contributed by atoms with Crippen molar-refractivity contribution in [3.8, 4) is 5.75 Å². The Hall–Kier alpha value is -1.87. The number of carbonyl (C=O) groups excluding carboxylic acids is 1. The van der Waals surface area contributed by atoms with E-state index in [0.29, 0.717) is 11.3 Å². The van der Waals surface area contributed by atoms with Crippen molar-refractivity contribution in [3.05, 3.63) is 64.4 Å². The monoisotopic (exact) mass is 264 g/mol. The SMILES string of the molecule is O=Cc1cccc(F)c1OCc1cccc(Cl)c1. The Morgan fingerprint density at radius 1 is 1.22 bits per heavy atom. The zero-order valence-electron chi connectivity index (χ0n) is 9.40. The van der Waals surface area contributed by atoms with Gasteiger partial charge in [0.25, 0.3) is 0 Å². The summed E-state index contributed by atoms with van der Waals surface area (Å²) in [5.41, 5.74) is 1.000. The maximum atomic E-state index is 13.5. The minimum atomic E-state index is -0.554. The van der Waals surface area contributed by atoms with E-state index >= 15 is 0 Å². The highest BCUT2D eigenvalue weighted by atomic mass is 35.5. The molecule has 2 nitrogen and oxygen atoms in total. The van der Waals surface area contributed by atoms with Crippen LogP contribution < -0.4 is 4.74 Å². The van der Waals surface area contributed by atoms with E-state index in [1.807, 2.05) is 6.07 Å². The fourth-order valence-corrected chi connectivity index (χ4v) is 1.77. The van der Waals surface area contributed by atoms with Crippen LogP contribution in [0.4, 0.5) is 4.39 Å². The van der Waals surface area contributed by atoms with E-state index < -0.39 is 5.82 Å². The van der Waals surface area contributed by atoms with Crippen LogP contribution in [0.2, 0.25) is 5.02 Å². The van der Waals surface area contributed by atoms with Gasteiger partial charge < -0.3 is 4.74 Å². The second-order valence-electron chi connectivity index (χ2n) is 3.69. The predicted molar refractivity (Wildman–Crippen MR) is 67.6 cm³/mol. The number of benzene rings is 2. The van der Waals surface area contributed by atoms with Crippen LogP contribution in [0, 0.1) is 5.82 Å². The van der Waals surface area contributed by atoms with Crippen LogP contribution >= 0.6 is 11.6 Å². The normalized spacial score (nSPS) is 10.1. The average Bonchev–Trinajstić information content (AvgIpc) is 2.37. The van der Waals surface area contributed by atoms with Crippen molar-refractivity contribution in [1.82, 2.24) is 0 Å². The van der Waals surface area contributed by atoms with E-state index in [1.54, 1.807) is 18.2 Å². The highest BCUT2D eigenvalue weighted by Crippen LogP contribution is 2.22. The highest BCUT2D eigenvalue weighted by molar-refractivity contribution is 6.30. The molecule has 2 aromatic rings. The molecule has 0 saturated heterocycles. The highest BCUT2D eigenvalue weighted by Gasteiger charge is 2.09. The first-order chi connectivity index (χ1) is 8.70. The van der Waals surface area contributed by atoms with Gasteiger partial charge in [-0.3, -0.25) is 4.79 Å². The van der Waals surface area contributed by atoms with Gasteiger partial charge in [0.1, 0.15) is 6.61 Å². The van der Waals surface area contributed by atoms with E-state index in [2.05, 4.69) is 0 Å². The first-order valence-corrected chi connectivity index (χ1v) is 5.69. The van der Waals surface area contributed by atoms with E-state index in [4.69, 9.17) is 16.3 Å². The summed E-state index contributed by atoms with van der Waals surface area (Å²) in [5.74, 6) is -0.589. The first-order valence-electron chi connectivity index (χ1n) is 5.31. The molecule has 0 aromatic heterocycles. The summed E-state index contributed by atoms with van der Waals surface area (Å²) in [6.07, 6.45) is 0.566. The van der Waals surface area contributed by atoms with Gasteiger partial charge in [0, 0.05) is 5.02 Å². The summed E-state index contributed by atoms with van der Waals surface area (Å²) in [6.45, 7) is 0.155. The molecular formula is C14H10ClFO2. The molecule has 0 atom stereocenters. The molecule has 0 unspecified atom stereocenters. The summed E-state index contributed by atoms with van der Waals surface area (Å²) in [4.78, 5) is 10.8. The number of ether oxygens (including phenoxy) is 1. The molecule has 0 spiro atoms. The number of hydrogen-bond donors (Lipinski definition) is 0. The van der Waals surface area contributed by atoms with Crippen molar-refractivity contribution >= 4 is 17.9 Å². The number of carbonyl (C=O) groups is 1. The average molecular weight is 265 g/mol.